The van der Waals surface area contributed by atoms with Gasteiger partial charge in [-0.3, -0.25) is 4.79 Å². The van der Waals surface area contributed by atoms with Gasteiger partial charge in [0.25, 0.3) is 0 Å². The molecule has 0 amide bonds. The van der Waals surface area contributed by atoms with Crippen LogP contribution in [0, 0.1) is 12.8 Å². The van der Waals surface area contributed by atoms with Crippen molar-refractivity contribution in [3.05, 3.63) is 107 Å². The third-order valence-corrected chi connectivity index (χ3v) is 6.42. The summed E-state index contributed by atoms with van der Waals surface area (Å²) in [7, 11) is 0. The van der Waals surface area contributed by atoms with E-state index < -0.39 is 0 Å². The lowest BCUT2D eigenvalue weighted by Crippen LogP contribution is -2.24. The minimum atomic E-state index is 0.0417. The van der Waals surface area contributed by atoms with Gasteiger partial charge in [-0.05, 0) is 78.7 Å². The monoisotopic (exact) mass is 453 g/mol. The van der Waals surface area contributed by atoms with Gasteiger partial charge in [0.05, 0.1) is 17.4 Å². The SMILES string of the molecule is Cc1cc(C(=O)Cc2cccc(C(NCC3CC3)c3cc[nH]c3)c2)n(-c2cccc(CN)c2)n1. The van der Waals surface area contributed by atoms with E-state index in [0.29, 0.717) is 18.7 Å². The van der Waals surface area contributed by atoms with E-state index in [1.807, 2.05) is 61.8 Å². The smallest absolute Gasteiger partial charge is 0.185 e. The first-order valence-corrected chi connectivity index (χ1v) is 11.9. The molecule has 0 spiro atoms. The van der Waals surface area contributed by atoms with Crippen LogP contribution in [0.15, 0.2) is 73.1 Å². The third-order valence-electron chi connectivity index (χ3n) is 6.42. The normalized spacial score (nSPS) is 14.3. The molecule has 0 aliphatic heterocycles. The summed E-state index contributed by atoms with van der Waals surface area (Å²) < 4.78 is 1.74. The number of benzene rings is 2. The Morgan fingerprint density at radius 2 is 1.94 bits per heavy atom. The Morgan fingerprint density at radius 3 is 2.71 bits per heavy atom. The maximum atomic E-state index is 13.4. The Kier molecular flexibility index (Phi) is 6.43. The van der Waals surface area contributed by atoms with E-state index >= 15 is 0 Å². The van der Waals surface area contributed by atoms with Gasteiger partial charge >= 0.3 is 0 Å². The van der Waals surface area contributed by atoms with Gasteiger partial charge in [0.15, 0.2) is 5.78 Å². The molecule has 34 heavy (non-hydrogen) atoms. The molecule has 4 aromatic rings. The van der Waals surface area contributed by atoms with Crippen LogP contribution in [-0.4, -0.2) is 27.1 Å². The van der Waals surface area contributed by atoms with Crippen molar-refractivity contribution in [2.45, 2.75) is 38.8 Å². The van der Waals surface area contributed by atoms with Crippen LogP contribution in [0.5, 0.6) is 0 Å². The summed E-state index contributed by atoms with van der Waals surface area (Å²) in [4.78, 5) is 16.6. The summed E-state index contributed by atoms with van der Waals surface area (Å²) in [5.41, 5.74) is 12.4. The first kappa shape index (κ1) is 22.3. The standard InChI is InChI=1S/C28H31N5O/c1-19-12-26(33(32-19)25-7-3-5-22(14-25)16-29)27(34)15-21-4-2-6-23(13-21)28(24-10-11-30-18-24)31-17-20-8-9-20/h2-7,10-14,18,20,28,30-31H,8-9,15-17,29H2,1H3. The number of hydrogen-bond donors (Lipinski definition) is 3. The summed E-state index contributed by atoms with van der Waals surface area (Å²) in [5, 5.41) is 8.31. The largest absolute Gasteiger partial charge is 0.367 e. The molecule has 1 aliphatic rings. The average molecular weight is 454 g/mol. The van der Waals surface area contributed by atoms with Crippen molar-refractivity contribution in [3.8, 4) is 5.69 Å². The molecule has 0 saturated heterocycles. The van der Waals surface area contributed by atoms with Gasteiger partial charge in [0, 0.05) is 25.4 Å². The fourth-order valence-corrected chi connectivity index (χ4v) is 4.42. The van der Waals surface area contributed by atoms with Crippen LogP contribution >= 0.6 is 0 Å². The van der Waals surface area contributed by atoms with E-state index in [9.17, 15) is 4.79 Å². The van der Waals surface area contributed by atoms with Crippen LogP contribution < -0.4 is 11.1 Å². The zero-order chi connectivity index (χ0) is 23.5. The molecule has 2 aromatic carbocycles. The Labute approximate surface area is 200 Å². The van der Waals surface area contributed by atoms with Crippen LogP contribution in [0.25, 0.3) is 5.69 Å². The highest BCUT2D eigenvalue weighted by atomic mass is 16.1. The number of carbonyl (C=O) groups excluding carboxylic acids is 1. The number of aryl methyl sites for hydroxylation is 1. The van der Waals surface area contributed by atoms with E-state index in [0.717, 1.165) is 35.0 Å². The van der Waals surface area contributed by atoms with Crippen molar-refractivity contribution in [3.63, 3.8) is 0 Å². The molecule has 6 nitrogen and oxygen atoms in total. The van der Waals surface area contributed by atoms with Crippen LogP contribution in [-0.2, 0) is 13.0 Å². The minimum absolute atomic E-state index is 0.0417. The number of carbonyl (C=O) groups is 1. The predicted molar refractivity (Wildman–Crippen MR) is 134 cm³/mol. The van der Waals surface area contributed by atoms with Crippen LogP contribution in [0.1, 0.15) is 57.3 Å². The molecule has 2 heterocycles. The second-order valence-corrected chi connectivity index (χ2v) is 9.23. The molecule has 4 N–H and O–H groups in total. The lowest BCUT2D eigenvalue weighted by Gasteiger charge is -2.19. The number of ketones is 1. The molecule has 0 radical (unpaired) electrons. The second kappa shape index (κ2) is 9.79. The molecule has 6 heteroatoms. The lowest BCUT2D eigenvalue weighted by molar-refractivity contribution is 0.0985. The number of H-pyrrole nitrogens is 1. The summed E-state index contributed by atoms with van der Waals surface area (Å²) >= 11 is 0. The highest BCUT2D eigenvalue weighted by molar-refractivity contribution is 5.96. The van der Waals surface area contributed by atoms with E-state index in [1.165, 1.54) is 24.0 Å². The van der Waals surface area contributed by atoms with Crippen molar-refractivity contribution in [1.82, 2.24) is 20.1 Å². The highest BCUT2D eigenvalue weighted by Gasteiger charge is 2.24. The van der Waals surface area contributed by atoms with Gasteiger partial charge < -0.3 is 16.0 Å². The zero-order valence-corrected chi connectivity index (χ0v) is 19.5. The highest BCUT2D eigenvalue weighted by Crippen LogP contribution is 2.30. The van der Waals surface area contributed by atoms with Crippen molar-refractivity contribution in [1.29, 1.82) is 0 Å². The number of aromatic amines is 1. The van der Waals surface area contributed by atoms with Crippen molar-refractivity contribution < 1.29 is 4.79 Å². The van der Waals surface area contributed by atoms with Gasteiger partial charge in [-0.1, -0.05) is 36.4 Å². The van der Waals surface area contributed by atoms with Gasteiger partial charge in [-0.2, -0.15) is 5.10 Å². The lowest BCUT2D eigenvalue weighted by atomic mass is 9.97. The Morgan fingerprint density at radius 1 is 1.12 bits per heavy atom. The Hall–Kier alpha value is -3.48. The quantitative estimate of drug-likeness (QED) is 0.309. The molecule has 0 bridgehead atoms. The number of rotatable bonds is 10. The fraction of sp³-hybridized carbons (Fsp3) is 0.286. The first-order valence-electron chi connectivity index (χ1n) is 11.9. The molecule has 1 atom stereocenters. The third kappa shape index (κ3) is 5.03. The van der Waals surface area contributed by atoms with Gasteiger partial charge in [0.1, 0.15) is 5.69 Å². The van der Waals surface area contributed by atoms with Crippen molar-refractivity contribution in [2.75, 3.05) is 6.54 Å². The summed E-state index contributed by atoms with van der Waals surface area (Å²) in [6.07, 6.45) is 6.93. The van der Waals surface area contributed by atoms with Gasteiger partial charge in [-0.15, -0.1) is 0 Å². The van der Waals surface area contributed by atoms with Gasteiger partial charge in [-0.25, -0.2) is 4.68 Å². The number of aromatic nitrogens is 3. The van der Waals surface area contributed by atoms with Crippen LogP contribution in [0.4, 0.5) is 0 Å². The van der Waals surface area contributed by atoms with E-state index in [4.69, 9.17) is 5.73 Å². The van der Waals surface area contributed by atoms with E-state index in [1.54, 1.807) is 4.68 Å². The summed E-state index contributed by atoms with van der Waals surface area (Å²) in [5.74, 6) is 0.826. The number of nitrogens with zero attached hydrogens (tertiary/aromatic N) is 2. The molecular weight excluding hydrogens is 422 g/mol. The molecule has 1 saturated carbocycles. The number of nitrogens with one attached hydrogen (secondary N) is 2. The molecule has 1 fully saturated rings. The maximum absolute atomic E-state index is 13.4. The topological polar surface area (TPSA) is 88.7 Å². The van der Waals surface area contributed by atoms with Crippen LogP contribution in [0.2, 0.25) is 0 Å². The summed E-state index contributed by atoms with van der Waals surface area (Å²) in [6.45, 7) is 3.37. The summed E-state index contributed by atoms with van der Waals surface area (Å²) in [6, 6.07) is 20.3. The first-order chi connectivity index (χ1) is 16.6. The predicted octanol–water partition coefficient (Wildman–Crippen LogP) is 4.48. The maximum Gasteiger partial charge on any atom is 0.185 e. The number of hydrogen-bond acceptors (Lipinski definition) is 4. The molecular formula is C28H31N5O. The molecule has 1 aliphatic carbocycles. The van der Waals surface area contributed by atoms with Gasteiger partial charge in [0.2, 0.25) is 0 Å². The number of nitrogens with two attached hydrogens (primary N) is 1. The Balaban J connectivity index is 1.39. The van der Waals surface area contributed by atoms with E-state index in [2.05, 4.69) is 33.6 Å². The molecule has 5 rings (SSSR count). The van der Waals surface area contributed by atoms with E-state index in [-0.39, 0.29) is 11.8 Å². The number of Topliss-reactive ketones (excluding diaryl/α,β-unsaturated/α-hetero) is 1. The minimum Gasteiger partial charge on any atom is -0.367 e. The van der Waals surface area contributed by atoms with Crippen molar-refractivity contribution in [2.24, 2.45) is 11.7 Å². The fourth-order valence-electron chi connectivity index (χ4n) is 4.42. The molecule has 2 aromatic heterocycles. The molecule has 1 unspecified atom stereocenters. The van der Waals surface area contributed by atoms with Crippen molar-refractivity contribution >= 4 is 5.78 Å². The average Bonchev–Trinajstić information content (AvgIpc) is 3.35. The Bertz CT molecular complexity index is 1270. The van der Waals surface area contributed by atoms with Crippen LogP contribution in [0.3, 0.4) is 0 Å². The molecule has 174 valence electrons. The second-order valence-electron chi connectivity index (χ2n) is 9.23. The zero-order valence-electron chi connectivity index (χ0n) is 19.5.